The van der Waals surface area contributed by atoms with E-state index in [0.29, 0.717) is 11.1 Å². The fourth-order valence-corrected chi connectivity index (χ4v) is 4.89. The number of benzene rings is 2. The quantitative estimate of drug-likeness (QED) is 0.536. The zero-order chi connectivity index (χ0) is 21.3. The van der Waals surface area contributed by atoms with Crippen LogP contribution in [0.1, 0.15) is 80.4 Å². The molecule has 1 atom stereocenters. The Kier molecular flexibility index (Phi) is 6.13. The molecule has 0 saturated heterocycles. The molecule has 0 aromatic heterocycles. The van der Waals surface area contributed by atoms with Gasteiger partial charge in [0.25, 0.3) is 0 Å². The second-order valence-corrected chi connectivity index (χ2v) is 12.7. The van der Waals surface area contributed by atoms with Crippen molar-refractivity contribution in [3.05, 3.63) is 47.0 Å². The molecule has 3 nitrogen and oxygen atoms in total. The summed E-state index contributed by atoms with van der Waals surface area (Å²) in [7, 11) is -3.96. The van der Waals surface area contributed by atoms with Crippen LogP contribution in [0.5, 0.6) is 5.75 Å². The van der Waals surface area contributed by atoms with Crippen molar-refractivity contribution >= 4 is 12.9 Å². The number of hydrogen-bond acceptors (Lipinski definition) is 2. The molecule has 0 amide bonds. The minimum absolute atomic E-state index is 0. The molecule has 0 fully saturated rings. The molecule has 1 heterocycles. The van der Waals surface area contributed by atoms with E-state index in [2.05, 4.69) is 80.5 Å². The Bertz CT molecular complexity index is 995. The van der Waals surface area contributed by atoms with E-state index in [1.54, 1.807) is 0 Å². The molecule has 0 bridgehead atoms. The summed E-state index contributed by atoms with van der Waals surface area (Å²) in [6.45, 7) is 19.2. The van der Waals surface area contributed by atoms with Gasteiger partial charge in [0.05, 0.1) is 5.30 Å². The molecule has 1 aliphatic heterocycles. The van der Waals surface area contributed by atoms with Gasteiger partial charge in [0.1, 0.15) is 5.75 Å². The first-order valence-electron chi connectivity index (χ1n) is 9.89. The van der Waals surface area contributed by atoms with Crippen LogP contribution in [0.3, 0.4) is 0 Å². The molecule has 0 radical (unpaired) electrons. The van der Waals surface area contributed by atoms with E-state index in [4.69, 9.17) is 4.52 Å². The molecule has 2 aromatic rings. The molecular weight excluding hydrogens is 374 g/mol. The molecular formula is C24H34LiO3P. The van der Waals surface area contributed by atoms with Crippen molar-refractivity contribution in [2.75, 3.05) is 0 Å². The summed E-state index contributed by atoms with van der Waals surface area (Å²) >= 11 is 0. The van der Waals surface area contributed by atoms with Crippen LogP contribution in [0, 0.1) is 0 Å². The van der Waals surface area contributed by atoms with E-state index in [1.807, 2.05) is 12.1 Å². The van der Waals surface area contributed by atoms with E-state index in [9.17, 15) is 9.46 Å². The van der Waals surface area contributed by atoms with Crippen molar-refractivity contribution in [1.29, 1.82) is 0 Å². The van der Waals surface area contributed by atoms with Gasteiger partial charge in [-0.1, -0.05) is 80.5 Å². The molecule has 29 heavy (non-hydrogen) atoms. The van der Waals surface area contributed by atoms with Crippen LogP contribution < -0.4 is 28.7 Å². The fraction of sp³-hybridized carbons (Fsp3) is 0.500. The summed E-state index contributed by atoms with van der Waals surface area (Å²) in [6, 6.07) is 10.2. The van der Waals surface area contributed by atoms with Gasteiger partial charge in [0.2, 0.25) is 0 Å². The smallest absolute Gasteiger partial charge is 1.00 e. The zero-order valence-electron chi connectivity index (χ0n) is 20.6. The molecule has 1 aliphatic rings. The van der Waals surface area contributed by atoms with Crippen LogP contribution in [0.4, 0.5) is 0 Å². The third-order valence-corrected chi connectivity index (χ3v) is 6.85. The van der Waals surface area contributed by atoms with E-state index in [-0.39, 0.29) is 36.5 Å². The second kappa shape index (κ2) is 7.32. The van der Waals surface area contributed by atoms with Crippen LogP contribution in [-0.2, 0) is 20.8 Å². The molecule has 3 rings (SSSR count). The van der Waals surface area contributed by atoms with Gasteiger partial charge in [-0.05, 0) is 39.5 Å². The molecule has 0 spiro atoms. The molecule has 154 valence electrons. The second-order valence-electron chi connectivity index (χ2n) is 11.0. The van der Waals surface area contributed by atoms with Gasteiger partial charge in [0, 0.05) is 16.7 Å². The number of fused-ring (bicyclic) bond motifs is 3. The Morgan fingerprint density at radius 2 is 1.34 bits per heavy atom. The molecule has 0 saturated carbocycles. The van der Waals surface area contributed by atoms with E-state index < -0.39 is 7.60 Å². The summed E-state index contributed by atoms with van der Waals surface area (Å²) in [5.41, 5.74) is 4.53. The van der Waals surface area contributed by atoms with Crippen molar-refractivity contribution in [3.63, 3.8) is 0 Å². The average Bonchev–Trinajstić information content (AvgIpc) is 2.50. The van der Waals surface area contributed by atoms with Gasteiger partial charge in [-0.15, -0.1) is 0 Å². The average molecular weight is 408 g/mol. The van der Waals surface area contributed by atoms with Crippen molar-refractivity contribution in [3.8, 4) is 16.9 Å². The van der Waals surface area contributed by atoms with Crippen molar-refractivity contribution < 1.29 is 34.3 Å². The van der Waals surface area contributed by atoms with Gasteiger partial charge in [0.15, 0.2) is 0 Å². The summed E-state index contributed by atoms with van der Waals surface area (Å²) in [6.07, 6.45) is 0. The first kappa shape index (κ1) is 24.3. The Balaban J connectivity index is 0.00000225. The van der Waals surface area contributed by atoms with Crippen LogP contribution in [0.25, 0.3) is 11.1 Å². The van der Waals surface area contributed by atoms with Gasteiger partial charge >= 0.3 is 26.5 Å². The molecule has 5 heteroatoms. The monoisotopic (exact) mass is 408 g/mol. The van der Waals surface area contributed by atoms with Gasteiger partial charge < -0.3 is 10.8 Å². The van der Waals surface area contributed by atoms with Crippen LogP contribution in [0.15, 0.2) is 30.3 Å². The van der Waals surface area contributed by atoms with E-state index in [0.717, 1.165) is 22.3 Å². The van der Waals surface area contributed by atoms with Crippen molar-refractivity contribution in [2.45, 2.75) is 78.6 Å². The maximum atomic E-state index is 13.2. The Hall–Kier alpha value is -0.973. The van der Waals surface area contributed by atoms with Crippen LogP contribution >= 0.6 is 7.60 Å². The fourth-order valence-electron chi connectivity index (χ4n) is 3.55. The minimum Gasteiger partial charge on any atom is -1.00 e. The molecule has 1 N–H and O–H groups in total. The maximum absolute atomic E-state index is 13.2. The predicted octanol–water partition coefficient (Wildman–Crippen LogP) is 3.57. The van der Waals surface area contributed by atoms with Crippen LogP contribution in [-0.4, -0.2) is 4.89 Å². The Labute approximate surface area is 189 Å². The summed E-state index contributed by atoms with van der Waals surface area (Å²) in [5.74, 6) is 0.544. The van der Waals surface area contributed by atoms with E-state index >= 15 is 0 Å². The summed E-state index contributed by atoms with van der Waals surface area (Å²) in [5, 5.41) is 0.401. The van der Waals surface area contributed by atoms with Crippen LogP contribution in [0.2, 0.25) is 0 Å². The summed E-state index contributed by atoms with van der Waals surface area (Å²) in [4.78, 5) is 10.8. The largest absolute Gasteiger partial charge is 1.00 e. The van der Waals surface area contributed by atoms with E-state index in [1.165, 1.54) is 5.56 Å². The van der Waals surface area contributed by atoms with Gasteiger partial charge in [-0.3, -0.25) is 0 Å². The zero-order valence-corrected chi connectivity index (χ0v) is 20.5. The predicted molar refractivity (Wildman–Crippen MR) is 119 cm³/mol. The van der Waals surface area contributed by atoms with Gasteiger partial charge in [-0.25, -0.2) is 4.57 Å². The minimum atomic E-state index is -3.96. The Morgan fingerprint density at radius 1 is 0.793 bits per heavy atom. The Morgan fingerprint density at radius 3 is 1.83 bits per heavy atom. The SMILES string of the molecule is CC(C)(C)c1cc2c(c(C(C)(C)C)c1)OP(=O)(O)c1cc(C(C)(C)C)ccc1-2.[H-].[Li+]. The number of rotatable bonds is 0. The maximum Gasteiger partial charge on any atom is 1.00 e. The standard InChI is InChI=1S/C24H33O3P.Li.H/c1-22(2,3)15-10-11-17-18-12-16(23(4,5)6)13-19(24(7,8)9)21(18)27-28(25,26)20(17)14-15;;/h10-14H,1-9H3,(H,25,26);;/q;+1;-1. The van der Waals surface area contributed by atoms with Crippen molar-refractivity contribution in [1.82, 2.24) is 0 Å². The molecule has 0 aliphatic carbocycles. The topological polar surface area (TPSA) is 46.5 Å². The van der Waals surface area contributed by atoms with Gasteiger partial charge in [-0.2, -0.15) is 0 Å². The normalized spacial score (nSPS) is 19.0. The summed E-state index contributed by atoms with van der Waals surface area (Å²) < 4.78 is 19.0. The molecule has 2 aromatic carbocycles. The third-order valence-electron chi connectivity index (χ3n) is 5.44. The van der Waals surface area contributed by atoms with Crippen molar-refractivity contribution in [2.24, 2.45) is 0 Å². The number of hydrogen-bond donors (Lipinski definition) is 1. The molecule has 1 unspecified atom stereocenters. The first-order chi connectivity index (χ1) is 12.5. The first-order valence-corrected chi connectivity index (χ1v) is 11.5. The third kappa shape index (κ3) is 4.55.